The number of nitrogens with two attached hydrogens (primary N) is 1. The van der Waals surface area contributed by atoms with E-state index in [1.165, 1.54) is 12.1 Å². The molecule has 2 aromatic carbocycles. The molecule has 2 atom stereocenters. The van der Waals surface area contributed by atoms with Crippen LogP contribution in [0.1, 0.15) is 53.4 Å². The SMILES string of the molecule is CC(=O)N1CCC2=C(C1)[SH]([C@@H](C)c1ccc(C(=O)O)cc1)C(CCc1ccc(F)cc1)=C2C(N)=O. The van der Waals surface area contributed by atoms with Crippen LogP contribution in [0.15, 0.2) is 69.5 Å². The molecule has 0 aliphatic carbocycles. The van der Waals surface area contributed by atoms with E-state index in [4.69, 9.17) is 5.73 Å². The van der Waals surface area contributed by atoms with Crippen LogP contribution < -0.4 is 5.73 Å². The standard InChI is InChI=1S/C27H29FN2O4S/c1-16(19-6-8-20(9-7-19)27(33)34)35-23(12-5-18-3-10-21(28)11-4-18)25(26(29)32)22-13-14-30(17(2)31)15-24(22)35/h3-4,6-11,16,35H,5,12-15H2,1-2H3,(H2,29,32)(H,33,34)/t16-/m0/s1. The largest absolute Gasteiger partial charge is 0.478 e. The van der Waals surface area contributed by atoms with Crippen molar-refractivity contribution in [3.8, 4) is 0 Å². The summed E-state index contributed by atoms with van der Waals surface area (Å²) in [5.74, 6) is -1.75. The van der Waals surface area contributed by atoms with Crippen molar-refractivity contribution in [1.82, 2.24) is 4.90 Å². The van der Waals surface area contributed by atoms with E-state index in [1.807, 2.05) is 12.1 Å². The van der Waals surface area contributed by atoms with Crippen molar-refractivity contribution >= 4 is 28.7 Å². The van der Waals surface area contributed by atoms with Gasteiger partial charge in [-0.1, -0.05) is 31.2 Å². The number of primary amides is 1. The number of allylic oxidation sites excluding steroid dienone is 1. The van der Waals surface area contributed by atoms with Gasteiger partial charge in [0, 0.05) is 18.7 Å². The number of hydrogen-bond acceptors (Lipinski definition) is 3. The van der Waals surface area contributed by atoms with Gasteiger partial charge in [-0.25, -0.2) is 9.18 Å². The minimum atomic E-state index is -1.01. The van der Waals surface area contributed by atoms with Gasteiger partial charge >= 0.3 is 5.97 Å². The molecule has 0 fully saturated rings. The van der Waals surface area contributed by atoms with Crippen LogP contribution in [-0.4, -0.2) is 40.9 Å². The van der Waals surface area contributed by atoms with Gasteiger partial charge in [-0.15, -0.1) is 0 Å². The minimum absolute atomic E-state index is 0.00893. The third-order valence-electron chi connectivity index (χ3n) is 6.78. The number of benzene rings is 2. The summed E-state index contributed by atoms with van der Waals surface area (Å²) >= 11 is 0. The van der Waals surface area contributed by atoms with Crippen LogP contribution in [0.3, 0.4) is 0 Å². The van der Waals surface area contributed by atoms with E-state index in [0.29, 0.717) is 37.9 Å². The van der Waals surface area contributed by atoms with Crippen LogP contribution >= 0.6 is 10.9 Å². The van der Waals surface area contributed by atoms with E-state index in [1.54, 1.807) is 36.1 Å². The fourth-order valence-electron chi connectivity index (χ4n) is 4.93. The Morgan fingerprint density at radius 1 is 1.09 bits per heavy atom. The fourth-order valence-corrected chi connectivity index (χ4v) is 8.34. The maximum atomic E-state index is 13.4. The predicted molar refractivity (Wildman–Crippen MR) is 136 cm³/mol. The summed E-state index contributed by atoms with van der Waals surface area (Å²) in [6.07, 6.45) is 1.81. The Kier molecular flexibility index (Phi) is 7.12. The lowest BCUT2D eigenvalue weighted by atomic mass is 9.97. The van der Waals surface area contributed by atoms with E-state index < -0.39 is 22.8 Å². The lowest BCUT2D eigenvalue weighted by Crippen LogP contribution is -2.35. The number of rotatable bonds is 7. The molecule has 0 radical (unpaired) electrons. The van der Waals surface area contributed by atoms with Crippen molar-refractivity contribution in [2.45, 2.75) is 38.4 Å². The van der Waals surface area contributed by atoms with Crippen LogP contribution in [0, 0.1) is 5.82 Å². The number of aryl methyl sites for hydroxylation is 1. The number of carbonyl (C=O) groups is 3. The molecule has 6 nitrogen and oxygen atoms in total. The fraction of sp³-hybridized carbons (Fsp3) is 0.296. The van der Waals surface area contributed by atoms with Crippen molar-refractivity contribution < 1.29 is 23.9 Å². The number of carboxylic acids is 1. The predicted octanol–water partition coefficient (Wildman–Crippen LogP) is 4.48. The van der Waals surface area contributed by atoms with Crippen LogP contribution in [0.2, 0.25) is 0 Å². The molecule has 0 bridgehead atoms. The molecule has 1 unspecified atom stereocenters. The molecule has 2 amide bonds. The van der Waals surface area contributed by atoms with Gasteiger partial charge in [0.15, 0.2) is 0 Å². The Bertz CT molecular complexity index is 1230. The number of carbonyl (C=O) groups excluding carboxylic acids is 2. The van der Waals surface area contributed by atoms with Crippen molar-refractivity contribution in [3.63, 3.8) is 0 Å². The third-order valence-corrected chi connectivity index (χ3v) is 9.87. The first-order chi connectivity index (χ1) is 16.7. The van der Waals surface area contributed by atoms with E-state index >= 15 is 0 Å². The third kappa shape index (κ3) is 5.03. The molecule has 0 aromatic heterocycles. The number of nitrogens with zero attached hydrogens (tertiary/aromatic N) is 1. The molecule has 184 valence electrons. The van der Waals surface area contributed by atoms with E-state index in [-0.39, 0.29) is 22.5 Å². The van der Waals surface area contributed by atoms with E-state index in [2.05, 4.69) is 6.92 Å². The number of amides is 2. The lowest BCUT2D eigenvalue weighted by molar-refractivity contribution is -0.128. The lowest BCUT2D eigenvalue weighted by Gasteiger charge is -2.36. The second-order valence-electron chi connectivity index (χ2n) is 8.90. The highest BCUT2D eigenvalue weighted by atomic mass is 32.2. The molecular weight excluding hydrogens is 467 g/mol. The highest BCUT2D eigenvalue weighted by Crippen LogP contribution is 2.64. The van der Waals surface area contributed by atoms with Crippen LogP contribution in [-0.2, 0) is 16.0 Å². The topological polar surface area (TPSA) is 101 Å². The first-order valence-electron chi connectivity index (χ1n) is 11.5. The minimum Gasteiger partial charge on any atom is -0.478 e. The van der Waals surface area contributed by atoms with Crippen molar-refractivity contribution in [2.24, 2.45) is 5.73 Å². The molecule has 2 aliphatic rings. The summed E-state index contributed by atoms with van der Waals surface area (Å²) in [4.78, 5) is 40.1. The van der Waals surface area contributed by atoms with Gasteiger partial charge in [0.1, 0.15) is 5.82 Å². The zero-order valence-electron chi connectivity index (χ0n) is 19.8. The Labute approximate surface area is 206 Å². The molecule has 2 heterocycles. The molecule has 8 heteroatoms. The van der Waals surface area contributed by atoms with Crippen molar-refractivity contribution in [2.75, 3.05) is 13.1 Å². The summed E-state index contributed by atoms with van der Waals surface area (Å²) in [5.41, 5.74) is 9.62. The van der Waals surface area contributed by atoms with Gasteiger partial charge in [-0.2, -0.15) is 10.9 Å². The molecular formula is C27H29FN2O4S. The van der Waals surface area contributed by atoms with Crippen molar-refractivity contribution in [1.29, 1.82) is 0 Å². The molecule has 0 saturated heterocycles. The van der Waals surface area contributed by atoms with Gasteiger partial charge in [-0.05, 0) is 70.0 Å². The van der Waals surface area contributed by atoms with E-state index in [9.17, 15) is 23.9 Å². The molecule has 35 heavy (non-hydrogen) atoms. The molecule has 2 aliphatic heterocycles. The Hall–Kier alpha value is -3.39. The summed E-state index contributed by atoms with van der Waals surface area (Å²) < 4.78 is 13.4. The zero-order valence-corrected chi connectivity index (χ0v) is 20.6. The second kappa shape index (κ2) is 10.1. The molecule has 0 spiro atoms. The molecule has 2 aromatic rings. The summed E-state index contributed by atoms with van der Waals surface area (Å²) in [7, 11) is -1.01. The van der Waals surface area contributed by atoms with Gasteiger partial charge in [0.05, 0.1) is 17.7 Å². The average Bonchev–Trinajstić information content (AvgIpc) is 3.16. The smallest absolute Gasteiger partial charge is 0.335 e. The van der Waals surface area contributed by atoms with Crippen molar-refractivity contribution in [3.05, 3.63) is 92.0 Å². The number of hydrogen-bond donors (Lipinski definition) is 3. The maximum Gasteiger partial charge on any atom is 0.335 e. The van der Waals surface area contributed by atoms with Gasteiger partial charge < -0.3 is 15.7 Å². The summed E-state index contributed by atoms with van der Waals surface area (Å²) in [6.45, 7) is 4.64. The number of thiol groups is 1. The van der Waals surface area contributed by atoms with Crippen LogP contribution in [0.25, 0.3) is 0 Å². The monoisotopic (exact) mass is 496 g/mol. The average molecular weight is 497 g/mol. The van der Waals surface area contributed by atoms with Crippen LogP contribution in [0.4, 0.5) is 4.39 Å². The summed E-state index contributed by atoms with van der Waals surface area (Å²) in [5, 5.41) is 9.26. The summed E-state index contributed by atoms with van der Waals surface area (Å²) in [6, 6.07) is 13.2. The van der Waals surface area contributed by atoms with Gasteiger partial charge in [-0.3, -0.25) is 9.59 Å². The molecule has 0 saturated carbocycles. The Morgan fingerprint density at radius 2 is 1.74 bits per heavy atom. The quantitative estimate of drug-likeness (QED) is 0.492. The second-order valence-corrected chi connectivity index (χ2v) is 11.5. The van der Waals surface area contributed by atoms with Gasteiger partial charge in [0.25, 0.3) is 0 Å². The number of aromatic carboxylic acids is 1. The maximum absolute atomic E-state index is 13.4. The first kappa shape index (κ1) is 24.7. The zero-order chi connectivity index (χ0) is 25.3. The number of carboxylic acid groups (broad SMARTS) is 1. The highest BCUT2D eigenvalue weighted by Gasteiger charge is 2.39. The Morgan fingerprint density at radius 3 is 2.31 bits per heavy atom. The number of halogens is 1. The van der Waals surface area contributed by atoms with Gasteiger partial charge in [0.2, 0.25) is 11.8 Å². The Balaban J connectivity index is 1.74. The van der Waals surface area contributed by atoms with Crippen LogP contribution in [0.5, 0.6) is 0 Å². The molecule has 4 rings (SSSR count). The molecule has 3 N–H and O–H groups in total. The first-order valence-corrected chi connectivity index (χ1v) is 13.0. The normalized spacial score (nSPS) is 19.5. The highest BCUT2D eigenvalue weighted by molar-refractivity contribution is 8.24. The van der Waals surface area contributed by atoms with E-state index in [0.717, 1.165) is 26.5 Å².